The molecule has 0 aliphatic heterocycles. The average Bonchev–Trinajstić information content (AvgIpc) is 2.32. The summed E-state index contributed by atoms with van der Waals surface area (Å²) in [5.41, 5.74) is 7.38. The van der Waals surface area contributed by atoms with Crippen LogP contribution in [-0.4, -0.2) is 0 Å². The highest BCUT2D eigenvalue weighted by Crippen LogP contribution is 2.33. The topological polar surface area (TPSA) is 26.0 Å². The molecule has 0 saturated carbocycles. The van der Waals surface area contributed by atoms with Crippen molar-refractivity contribution in [1.82, 2.24) is 0 Å². The zero-order valence-electron chi connectivity index (χ0n) is 8.88. The van der Waals surface area contributed by atoms with Gasteiger partial charge in [0.15, 0.2) is 0 Å². The molecule has 0 amide bonds. The molecule has 2 rings (SSSR count). The first-order valence-corrected chi connectivity index (χ1v) is 5.82. The monoisotopic (exact) mass is 269 g/mol. The number of benzene rings is 2. The van der Waals surface area contributed by atoms with E-state index < -0.39 is 0 Å². The lowest BCUT2D eigenvalue weighted by molar-refractivity contribution is 0.611. The van der Waals surface area contributed by atoms with E-state index in [-0.39, 0.29) is 12.4 Å². The van der Waals surface area contributed by atoms with E-state index >= 15 is 0 Å². The van der Waals surface area contributed by atoms with Gasteiger partial charge in [-0.25, -0.2) is 4.39 Å². The second kappa shape index (κ2) is 5.05. The lowest BCUT2D eigenvalue weighted by Gasteiger charge is -2.11. The first-order chi connectivity index (χ1) is 8.13. The molecule has 0 atom stereocenters. The first kappa shape index (κ1) is 12.4. The van der Waals surface area contributed by atoms with Crippen molar-refractivity contribution in [2.75, 3.05) is 0 Å². The molecule has 2 aromatic rings. The molecule has 0 fully saturated rings. The Labute approximate surface area is 109 Å². The van der Waals surface area contributed by atoms with Crippen LogP contribution in [0.15, 0.2) is 36.4 Å². The summed E-state index contributed by atoms with van der Waals surface area (Å²) in [7, 11) is 0. The first-order valence-electron chi connectivity index (χ1n) is 5.06. The third-order valence-corrected chi connectivity index (χ3v) is 3.11. The van der Waals surface area contributed by atoms with Crippen LogP contribution in [0.2, 0.25) is 10.0 Å². The normalized spacial score (nSPS) is 10.6. The molecule has 0 aliphatic carbocycles. The number of hydrogen-bond donors (Lipinski definition) is 1. The summed E-state index contributed by atoms with van der Waals surface area (Å²) >= 11 is 12.0. The van der Waals surface area contributed by atoms with E-state index in [9.17, 15) is 4.39 Å². The van der Waals surface area contributed by atoms with Crippen LogP contribution in [0.1, 0.15) is 5.56 Å². The molecule has 0 unspecified atom stereocenters. The Morgan fingerprint density at radius 2 is 1.82 bits per heavy atom. The van der Waals surface area contributed by atoms with Gasteiger partial charge in [0.25, 0.3) is 0 Å². The van der Waals surface area contributed by atoms with Gasteiger partial charge in [-0.15, -0.1) is 0 Å². The van der Waals surface area contributed by atoms with Crippen LogP contribution in [-0.2, 0) is 6.54 Å². The van der Waals surface area contributed by atoms with Crippen LogP contribution in [0.25, 0.3) is 11.1 Å². The smallest absolute Gasteiger partial charge is 0.128 e. The summed E-state index contributed by atoms with van der Waals surface area (Å²) in [5.74, 6) is -0.332. The fourth-order valence-electron chi connectivity index (χ4n) is 1.72. The maximum atomic E-state index is 13.6. The van der Waals surface area contributed by atoms with Crippen molar-refractivity contribution < 1.29 is 4.39 Å². The molecule has 88 valence electrons. The Kier molecular flexibility index (Phi) is 3.67. The van der Waals surface area contributed by atoms with Gasteiger partial charge in [-0.05, 0) is 29.8 Å². The minimum atomic E-state index is -0.332. The minimum Gasteiger partial charge on any atom is -0.326 e. The molecule has 2 N–H and O–H groups in total. The van der Waals surface area contributed by atoms with Crippen molar-refractivity contribution >= 4 is 23.2 Å². The summed E-state index contributed by atoms with van der Waals surface area (Å²) in [5, 5.41) is 1.08. The highest BCUT2D eigenvalue weighted by atomic mass is 35.5. The summed E-state index contributed by atoms with van der Waals surface area (Å²) in [4.78, 5) is 0. The van der Waals surface area contributed by atoms with Crippen molar-refractivity contribution in [3.63, 3.8) is 0 Å². The third-order valence-electron chi connectivity index (χ3n) is 2.54. The minimum absolute atomic E-state index is 0.116. The second-order valence-corrected chi connectivity index (χ2v) is 4.44. The van der Waals surface area contributed by atoms with E-state index in [0.29, 0.717) is 26.7 Å². The molecule has 17 heavy (non-hydrogen) atoms. The maximum Gasteiger partial charge on any atom is 0.128 e. The van der Waals surface area contributed by atoms with Gasteiger partial charge in [-0.3, -0.25) is 0 Å². The standard InChI is InChI=1S/C13H10Cl2FN/c14-8-4-5-12(15)10(6-8)9-2-1-3-13(16)11(9)7-17/h1-6H,7,17H2. The van der Waals surface area contributed by atoms with Gasteiger partial charge in [0.1, 0.15) is 5.82 Å². The van der Waals surface area contributed by atoms with E-state index in [0.717, 1.165) is 0 Å². The average molecular weight is 270 g/mol. The van der Waals surface area contributed by atoms with E-state index in [4.69, 9.17) is 28.9 Å². The predicted octanol–water partition coefficient (Wildman–Crippen LogP) is 4.26. The van der Waals surface area contributed by atoms with Crippen molar-refractivity contribution in [2.24, 2.45) is 5.73 Å². The van der Waals surface area contributed by atoms with Crippen molar-refractivity contribution in [1.29, 1.82) is 0 Å². The SMILES string of the molecule is NCc1c(F)cccc1-c1cc(Cl)ccc1Cl. The van der Waals surface area contributed by atoms with E-state index in [2.05, 4.69) is 0 Å². The zero-order valence-corrected chi connectivity index (χ0v) is 10.4. The third kappa shape index (κ3) is 2.44. The van der Waals surface area contributed by atoms with E-state index in [1.807, 2.05) is 0 Å². The lowest BCUT2D eigenvalue weighted by Crippen LogP contribution is -2.02. The molecule has 1 nitrogen and oxygen atoms in total. The molecule has 0 bridgehead atoms. The van der Waals surface area contributed by atoms with Gasteiger partial charge < -0.3 is 5.73 Å². The zero-order chi connectivity index (χ0) is 12.4. The summed E-state index contributed by atoms with van der Waals surface area (Å²) in [6, 6.07) is 9.87. The van der Waals surface area contributed by atoms with Crippen molar-refractivity contribution in [2.45, 2.75) is 6.54 Å². The van der Waals surface area contributed by atoms with Gasteiger partial charge >= 0.3 is 0 Å². The Bertz CT molecular complexity index is 555. The molecule has 0 heterocycles. The van der Waals surface area contributed by atoms with Gasteiger partial charge in [0, 0.05) is 27.7 Å². The Hall–Kier alpha value is -1.09. The molecule has 0 aliphatic rings. The van der Waals surface area contributed by atoms with Crippen LogP contribution in [0.4, 0.5) is 4.39 Å². The van der Waals surface area contributed by atoms with E-state index in [1.165, 1.54) is 6.07 Å². The predicted molar refractivity (Wildman–Crippen MR) is 69.7 cm³/mol. The molecule has 2 aromatic carbocycles. The maximum absolute atomic E-state index is 13.6. The van der Waals surface area contributed by atoms with Crippen LogP contribution in [0.5, 0.6) is 0 Å². The van der Waals surface area contributed by atoms with Crippen LogP contribution >= 0.6 is 23.2 Å². The van der Waals surface area contributed by atoms with Gasteiger partial charge in [-0.1, -0.05) is 35.3 Å². The van der Waals surface area contributed by atoms with Crippen molar-refractivity contribution in [3.8, 4) is 11.1 Å². The van der Waals surface area contributed by atoms with Crippen LogP contribution in [0.3, 0.4) is 0 Å². The summed E-state index contributed by atoms with van der Waals surface area (Å²) in [6.07, 6.45) is 0. The molecule has 0 spiro atoms. The highest BCUT2D eigenvalue weighted by Gasteiger charge is 2.11. The fourth-order valence-corrected chi connectivity index (χ4v) is 2.11. The molecule has 4 heteroatoms. The lowest BCUT2D eigenvalue weighted by atomic mass is 9.99. The van der Waals surface area contributed by atoms with Gasteiger partial charge in [0.05, 0.1) is 0 Å². The molecule has 0 radical (unpaired) electrons. The fraction of sp³-hybridized carbons (Fsp3) is 0.0769. The molecule has 0 saturated heterocycles. The van der Waals surface area contributed by atoms with Crippen LogP contribution < -0.4 is 5.73 Å². The summed E-state index contributed by atoms with van der Waals surface area (Å²) in [6.45, 7) is 0.116. The Morgan fingerprint density at radius 1 is 1.06 bits per heavy atom. The quantitative estimate of drug-likeness (QED) is 0.866. The Morgan fingerprint density at radius 3 is 2.53 bits per heavy atom. The van der Waals surface area contributed by atoms with Crippen molar-refractivity contribution in [3.05, 3.63) is 57.8 Å². The number of rotatable bonds is 2. The molecular weight excluding hydrogens is 260 g/mol. The number of halogens is 3. The van der Waals surface area contributed by atoms with Crippen LogP contribution in [0, 0.1) is 5.82 Å². The highest BCUT2D eigenvalue weighted by molar-refractivity contribution is 6.35. The molecular formula is C13H10Cl2FN. The largest absolute Gasteiger partial charge is 0.326 e. The van der Waals surface area contributed by atoms with E-state index in [1.54, 1.807) is 30.3 Å². The Balaban J connectivity index is 2.68. The van der Waals surface area contributed by atoms with Gasteiger partial charge in [0.2, 0.25) is 0 Å². The number of hydrogen-bond acceptors (Lipinski definition) is 1. The molecule has 0 aromatic heterocycles. The second-order valence-electron chi connectivity index (χ2n) is 3.59. The number of nitrogens with two attached hydrogens (primary N) is 1. The van der Waals surface area contributed by atoms with Gasteiger partial charge in [-0.2, -0.15) is 0 Å². The summed E-state index contributed by atoms with van der Waals surface area (Å²) < 4.78 is 13.6.